The molecule has 1 atom stereocenters. The average molecular weight is 303 g/mol. The van der Waals surface area contributed by atoms with Crippen molar-refractivity contribution in [3.05, 3.63) is 35.7 Å². The molecule has 1 saturated heterocycles. The summed E-state index contributed by atoms with van der Waals surface area (Å²) < 4.78 is 5.42. The Labute approximate surface area is 129 Å². The number of hydrogen-bond donors (Lipinski definition) is 1. The normalized spacial score (nSPS) is 17.8. The molecule has 3 rings (SSSR count). The van der Waals surface area contributed by atoms with Crippen LogP contribution in [0.15, 0.2) is 28.8 Å². The summed E-state index contributed by atoms with van der Waals surface area (Å²) in [5.41, 5.74) is 2.23. The highest BCUT2D eigenvalue weighted by molar-refractivity contribution is 7.99. The summed E-state index contributed by atoms with van der Waals surface area (Å²) >= 11 is 2.03. The van der Waals surface area contributed by atoms with E-state index in [1.165, 1.54) is 29.9 Å². The van der Waals surface area contributed by atoms with Crippen molar-refractivity contribution in [1.29, 1.82) is 0 Å². The zero-order valence-electron chi connectivity index (χ0n) is 12.5. The third-order valence-corrected chi connectivity index (χ3v) is 4.88. The van der Waals surface area contributed by atoms with E-state index in [-0.39, 0.29) is 6.04 Å². The lowest BCUT2D eigenvalue weighted by molar-refractivity contribution is 0.317. The molecule has 1 aromatic heterocycles. The molecule has 0 aliphatic carbocycles. The first-order chi connectivity index (χ1) is 10.2. The zero-order valence-corrected chi connectivity index (χ0v) is 13.3. The van der Waals surface area contributed by atoms with Crippen LogP contribution in [0, 0.1) is 6.92 Å². The van der Waals surface area contributed by atoms with E-state index in [0.29, 0.717) is 17.8 Å². The topological polar surface area (TPSA) is 51.0 Å². The van der Waals surface area contributed by atoms with E-state index in [2.05, 4.69) is 41.4 Å². The molecule has 1 unspecified atom stereocenters. The summed E-state index contributed by atoms with van der Waals surface area (Å²) in [6.45, 7) is 4.16. The molecule has 112 valence electrons. The maximum atomic E-state index is 5.42. The van der Waals surface area contributed by atoms with Gasteiger partial charge in [-0.1, -0.05) is 35.0 Å². The summed E-state index contributed by atoms with van der Waals surface area (Å²) in [7, 11) is 0. The number of aryl methyl sites for hydroxylation is 1. The Bertz CT molecular complexity index is 575. The second-order valence-corrected chi connectivity index (χ2v) is 6.82. The van der Waals surface area contributed by atoms with Crippen LogP contribution in [0.4, 0.5) is 0 Å². The molecule has 0 saturated carbocycles. The fourth-order valence-corrected chi connectivity index (χ4v) is 3.63. The van der Waals surface area contributed by atoms with Gasteiger partial charge in [0.25, 0.3) is 0 Å². The van der Waals surface area contributed by atoms with Gasteiger partial charge >= 0.3 is 0 Å². The smallest absolute Gasteiger partial charge is 0.243 e. The second-order valence-electron chi connectivity index (χ2n) is 5.60. The summed E-state index contributed by atoms with van der Waals surface area (Å²) in [4.78, 5) is 4.53. The molecule has 0 radical (unpaired) electrons. The van der Waals surface area contributed by atoms with E-state index in [4.69, 9.17) is 4.52 Å². The van der Waals surface area contributed by atoms with Crippen LogP contribution in [0.3, 0.4) is 0 Å². The van der Waals surface area contributed by atoms with Crippen molar-refractivity contribution in [2.24, 2.45) is 0 Å². The fourth-order valence-electron chi connectivity index (χ4n) is 2.52. The Morgan fingerprint density at radius 1 is 1.24 bits per heavy atom. The SMILES string of the molecule is Cc1ccc(-c2noc(C(C)NC3CCSCC3)n2)cc1. The van der Waals surface area contributed by atoms with Gasteiger partial charge < -0.3 is 9.84 Å². The zero-order chi connectivity index (χ0) is 14.7. The van der Waals surface area contributed by atoms with Crippen LogP contribution in [0.2, 0.25) is 0 Å². The number of hydrogen-bond acceptors (Lipinski definition) is 5. The van der Waals surface area contributed by atoms with Crippen LogP contribution < -0.4 is 5.32 Å². The highest BCUT2D eigenvalue weighted by atomic mass is 32.2. The third-order valence-electron chi connectivity index (χ3n) is 3.83. The number of nitrogens with one attached hydrogen (secondary N) is 1. The quantitative estimate of drug-likeness (QED) is 0.935. The van der Waals surface area contributed by atoms with Crippen molar-refractivity contribution in [2.75, 3.05) is 11.5 Å². The van der Waals surface area contributed by atoms with Gasteiger partial charge in [-0.25, -0.2) is 0 Å². The van der Waals surface area contributed by atoms with Gasteiger partial charge in [0.15, 0.2) is 0 Å². The van der Waals surface area contributed by atoms with Gasteiger partial charge in [0.05, 0.1) is 6.04 Å². The molecule has 1 fully saturated rings. The molecular weight excluding hydrogens is 282 g/mol. The van der Waals surface area contributed by atoms with Crippen LogP contribution in [0.5, 0.6) is 0 Å². The first-order valence-corrected chi connectivity index (χ1v) is 8.62. The summed E-state index contributed by atoms with van der Waals surface area (Å²) in [6, 6.07) is 8.85. The van der Waals surface area contributed by atoms with Crippen molar-refractivity contribution in [1.82, 2.24) is 15.5 Å². The Kier molecular flexibility index (Phi) is 4.60. The van der Waals surface area contributed by atoms with Gasteiger partial charge in [0.1, 0.15) is 0 Å². The molecule has 5 heteroatoms. The Morgan fingerprint density at radius 2 is 1.95 bits per heavy atom. The van der Waals surface area contributed by atoms with Crippen molar-refractivity contribution in [2.45, 2.75) is 38.8 Å². The Hall–Kier alpha value is -1.33. The number of rotatable bonds is 4. The summed E-state index contributed by atoms with van der Waals surface area (Å²) in [6.07, 6.45) is 2.43. The molecule has 2 aromatic rings. The van der Waals surface area contributed by atoms with E-state index in [0.717, 1.165) is 5.56 Å². The first-order valence-electron chi connectivity index (χ1n) is 7.47. The van der Waals surface area contributed by atoms with Gasteiger partial charge in [-0.2, -0.15) is 16.7 Å². The highest BCUT2D eigenvalue weighted by Gasteiger charge is 2.20. The molecule has 1 N–H and O–H groups in total. The lowest BCUT2D eigenvalue weighted by Gasteiger charge is -2.24. The predicted octanol–water partition coefficient (Wildman–Crippen LogP) is 3.59. The lowest BCUT2D eigenvalue weighted by atomic mass is 10.1. The first kappa shape index (κ1) is 14.6. The number of thioether (sulfide) groups is 1. The highest BCUT2D eigenvalue weighted by Crippen LogP contribution is 2.22. The van der Waals surface area contributed by atoms with E-state index in [9.17, 15) is 0 Å². The number of aromatic nitrogens is 2. The van der Waals surface area contributed by atoms with E-state index >= 15 is 0 Å². The number of benzene rings is 1. The summed E-state index contributed by atoms with van der Waals surface area (Å²) in [5, 5.41) is 7.70. The molecule has 1 aliphatic heterocycles. The standard InChI is InChI=1S/C16H21N3OS/c1-11-3-5-13(6-4-11)15-18-16(20-19-15)12(2)17-14-7-9-21-10-8-14/h3-6,12,14,17H,7-10H2,1-2H3. The molecule has 2 heterocycles. The Morgan fingerprint density at radius 3 is 2.67 bits per heavy atom. The summed E-state index contributed by atoms with van der Waals surface area (Å²) in [5.74, 6) is 3.81. The molecule has 0 bridgehead atoms. The van der Waals surface area contributed by atoms with Crippen LogP contribution in [0.25, 0.3) is 11.4 Å². The van der Waals surface area contributed by atoms with Gasteiger partial charge in [0.2, 0.25) is 11.7 Å². The van der Waals surface area contributed by atoms with Gasteiger partial charge in [-0.3, -0.25) is 0 Å². The van der Waals surface area contributed by atoms with Crippen molar-refractivity contribution >= 4 is 11.8 Å². The van der Waals surface area contributed by atoms with Crippen LogP contribution in [-0.4, -0.2) is 27.7 Å². The van der Waals surface area contributed by atoms with Crippen molar-refractivity contribution < 1.29 is 4.52 Å². The predicted molar refractivity (Wildman–Crippen MR) is 86.4 cm³/mol. The molecule has 1 aliphatic rings. The monoisotopic (exact) mass is 303 g/mol. The maximum absolute atomic E-state index is 5.42. The van der Waals surface area contributed by atoms with E-state index in [1.807, 2.05) is 23.9 Å². The second kappa shape index (κ2) is 6.62. The van der Waals surface area contributed by atoms with Gasteiger partial charge in [-0.05, 0) is 38.2 Å². The molecule has 0 amide bonds. The lowest BCUT2D eigenvalue weighted by Crippen LogP contribution is -2.34. The van der Waals surface area contributed by atoms with Gasteiger partial charge in [0, 0.05) is 11.6 Å². The van der Waals surface area contributed by atoms with Gasteiger partial charge in [-0.15, -0.1) is 0 Å². The van der Waals surface area contributed by atoms with Crippen LogP contribution >= 0.6 is 11.8 Å². The van der Waals surface area contributed by atoms with Crippen molar-refractivity contribution in [3.63, 3.8) is 0 Å². The minimum atomic E-state index is 0.102. The minimum Gasteiger partial charge on any atom is -0.337 e. The molecule has 0 spiro atoms. The number of nitrogens with zero attached hydrogens (tertiary/aromatic N) is 2. The Balaban J connectivity index is 1.67. The molecule has 1 aromatic carbocycles. The van der Waals surface area contributed by atoms with Crippen molar-refractivity contribution in [3.8, 4) is 11.4 Å². The molecule has 4 nitrogen and oxygen atoms in total. The van der Waals surface area contributed by atoms with Crippen LogP contribution in [-0.2, 0) is 0 Å². The largest absolute Gasteiger partial charge is 0.337 e. The van der Waals surface area contributed by atoms with E-state index < -0.39 is 0 Å². The fraction of sp³-hybridized carbons (Fsp3) is 0.500. The average Bonchev–Trinajstić information content (AvgIpc) is 2.99. The molecular formula is C16H21N3OS. The maximum Gasteiger partial charge on any atom is 0.243 e. The molecule has 21 heavy (non-hydrogen) atoms. The minimum absolute atomic E-state index is 0.102. The van der Waals surface area contributed by atoms with Crippen LogP contribution in [0.1, 0.15) is 37.3 Å². The van der Waals surface area contributed by atoms with E-state index in [1.54, 1.807) is 0 Å². The third kappa shape index (κ3) is 3.66.